The summed E-state index contributed by atoms with van der Waals surface area (Å²) in [4.78, 5) is 2.54. The fraction of sp³-hybridized carbons (Fsp3) is 0.429. The summed E-state index contributed by atoms with van der Waals surface area (Å²) in [6.07, 6.45) is 0. The maximum absolute atomic E-state index is 5.68. The summed E-state index contributed by atoms with van der Waals surface area (Å²) < 4.78 is 11.3. The van der Waals surface area contributed by atoms with Crippen molar-refractivity contribution in [2.24, 2.45) is 0 Å². The first-order valence-electron chi connectivity index (χ1n) is 9.05. The third-order valence-corrected chi connectivity index (χ3v) is 4.71. The molecule has 0 amide bonds. The highest BCUT2D eigenvalue weighted by molar-refractivity contribution is 5.46. The molecule has 1 aliphatic rings. The molecule has 1 saturated heterocycles. The minimum atomic E-state index is 0.229. The quantitative estimate of drug-likeness (QED) is 0.874. The zero-order valence-corrected chi connectivity index (χ0v) is 15.4. The monoisotopic (exact) mass is 340 g/mol. The van der Waals surface area contributed by atoms with Crippen molar-refractivity contribution in [3.63, 3.8) is 0 Å². The van der Waals surface area contributed by atoms with Crippen LogP contribution in [0.1, 0.15) is 29.7 Å². The number of aryl methyl sites for hydroxylation is 1. The lowest BCUT2D eigenvalue weighted by atomic mass is 9.95. The smallest absolute Gasteiger partial charge is 0.161 e. The predicted octanol–water partition coefficient (Wildman–Crippen LogP) is 3.40. The van der Waals surface area contributed by atoms with E-state index < -0.39 is 0 Å². The molecule has 1 aliphatic heterocycles. The molecular weight excluding hydrogens is 312 g/mol. The average molecular weight is 340 g/mol. The zero-order chi connectivity index (χ0) is 17.6. The minimum Gasteiger partial charge on any atom is -0.493 e. The molecule has 1 fully saturated rings. The summed E-state index contributed by atoms with van der Waals surface area (Å²) in [5.74, 6) is 1.60. The van der Waals surface area contributed by atoms with E-state index in [4.69, 9.17) is 9.47 Å². The molecule has 1 heterocycles. The Balaban J connectivity index is 1.99. The molecule has 0 spiro atoms. The summed E-state index contributed by atoms with van der Waals surface area (Å²) in [5, 5.41) is 3.44. The van der Waals surface area contributed by atoms with Gasteiger partial charge >= 0.3 is 0 Å². The van der Waals surface area contributed by atoms with Gasteiger partial charge in [0.2, 0.25) is 0 Å². The molecule has 0 saturated carbocycles. The maximum Gasteiger partial charge on any atom is 0.161 e. The van der Waals surface area contributed by atoms with Gasteiger partial charge in [-0.2, -0.15) is 0 Å². The van der Waals surface area contributed by atoms with Gasteiger partial charge in [0.1, 0.15) is 0 Å². The largest absolute Gasteiger partial charge is 0.493 e. The van der Waals surface area contributed by atoms with Crippen molar-refractivity contribution < 1.29 is 9.47 Å². The van der Waals surface area contributed by atoms with Crippen LogP contribution < -0.4 is 14.8 Å². The van der Waals surface area contributed by atoms with Crippen LogP contribution in [0.5, 0.6) is 11.5 Å². The van der Waals surface area contributed by atoms with E-state index in [2.05, 4.69) is 53.5 Å². The van der Waals surface area contributed by atoms with E-state index in [0.29, 0.717) is 6.61 Å². The summed E-state index contributed by atoms with van der Waals surface area (Å²) >= 11 is 0. The summed E-state index contributed by atoms with van der Waals surface area (Å²) in [6.45, 7) is 8.87. The number of hydrogen-bond acceptors (Lipinski definition) is 4. The molecule has 4 heteroatoms. The minimum absolute atomic E-state index is 0.229. The number of ether oxygens (including phenoxy) is 2. The molecule has 0 radical (unpaired) electrons. The number of benzene rings is 2. The van der Waals surface area contributed by atoms with Crippen molar-refractivity contribution >= 4 is 0 Å². The Morgan fingerprint density at radius 1 is 1.00 bits per heavy atom. The normalized spacial score (nSPS) is 16.4. The molecule has 1 N–H and O–H groups in total. The van der Waals surface area contributed by atoms with Gasteiger partial charge in [0, 0.05) is 26.2 Å². The SMILES string of the molecule is CCOc1ccc(C(c2ccc(C)cc2)N2CCNCC2)cc1OC. The Morgan fingerprint density at radius 3 is 2.32 bits per heavy atom. The fourth-order valence-electron chi connectivity index (χ4n) is 3.43. The van der Waals surface area contributed by atoms with Crippen LogP contribution in [0.4, 0.5) is 0 Å². The molecule has 0 aromatic heterocycles. The van der Waals surface area contributed by atoms with Gasteiger partial charge in [-0.1, -0.05) is 35.9 Å². The van der Waals surface area contributed by atoms with Gasteiger partial charge in [-0.25, -0.2) is 0 Å². The number of rotatable bonds is 6. The van der Waals surface area contributed by atoms with Gasteiger partial charge in [0.15, 0.2) is 11.5 Å². The molecular formula is C21H28N2O2. The van der Waals surface area contributed by atoms with Crippen LogP contribution in [0.3, 0.4) is 0 Å². The second-order valence-electron chi connectivity index (χ2n) is 6.44. The zero-order valence-electron chi connectivity index (χ0n) is 15.4. The summed E-state index contributed by atoms with van der Waals surface area (Å²) in [6, 6.07) is 15.4. The molecule has 2 aromatic rings. The van der Waals surface area contributed by atoms with Crippen LogP contribution in [0.15, 0.2) is 42.5 Å². The lowest BCUT2D eigenvalue weighted by Gasteiger charge is -2.36. The Labute approximate surface area is 150 Å². The maximum atomic E-state index is 5.68. The van der Waals surface area contributed by atoms with Crippen LogP contribution in [-0.2, 0) is 0 Å². The Bertz CT molecular complexity index is 679. The van der Waals surface area contributed by atoms with Gasteiger partial charge in [0.25, 0.3) is 0 Å². The van der Waals surface area contributed by atoms with Gasteiger partial charge in [-0.15, -0.1) is 0 Å². The molecule has 0 bridgehead atoms. The Hall–Kier alpha value is -2.04. The van der Waals surface area contributed by atoms with Crippen LogP contribution in [0, 0.1) is 6.92 Å². The topological polar surface area (TPSA) is 33.7 Å². The first kappa shape index (κ1) is 17.8. The van der Waals surface area contributed by atoms with Crippen molar-refractivity contribution in [1.82, 2.24) is 10.2 Å². The second kappa shape index (κ2) is 8.37. The van der Waals surface area contributed by atoms with Crippen molar-refractivity contribution in [3.8, 4) is 11.5 Å². The van der Waals surface area contributed by atoms with E-state index >= 15 is 0 Å². The van der Waals surface area contributed by atoms with Gasteiger partial charge in [0.05, 0.1) is 19.8 Å². The first-order valence-corrected chi connectivity index (χ1v) is 9.05. The number of hydrogen-bond donors (Lipinski definition) is 1. The van der Waals surface area contributed by atoms with E-state index in [-0.39, 0.29) is 6.04 Å². The summed E-state index contributed by atoms with van der Waals surface area (Å²) in [5.41, 5.74) is 3.84. The van der Waals surface area contributed by atoms with Crippen molar-refractivity contribution in [2.75, 3.05) is 39.9 Å². The van der Waals surface area contributed by atoms with Gasteiger partial charge in [-0.3, -0.25) is 4.90 Å². The standard InChI is InChI=1S/C21H28N2O2/c1-4-25-19-10-9-18(15-20(19)24-3)21(23-13-11-22-12-14-23)17-7-5-16(2)6-8-17/h5-10,15,21-22H,4,11-14H2,1-3H3. The molecule has 3 rings (SSSR count). The van der Waals surface area contributed by atoms with Crippen LogP contribution in [-0.4, -0.2) is 44.8 Å². The number of methoxy groups -OCH3 is 1. The Kier molecular flexibility index (Phi) is 5.95. The molecule has 1 unspecified atom stereocenters. The highest BCUT2D eigenvalue weighted by Gasteiger charge is 2.24. The summed E-state index contributed by atoms with van der Waals surface area (Å²) in [7, 11) is 1.70. The molecule has 134 valence electrons. The van der Waals surface area contributed by atoms with Crippen molar-refractivity contribution in [2.45, 2.75) is 19.9 Å². The van der Waals surface area contributed by atoms with Gasteiger partial charge in [-0.05, 0) is 37.1 Å². The van der Waals surface area contributed by atoms with E-state index in [1.165, 1.54) is 16.7 Å². The second-order valence-corrected chi connectivity index (χ2v) is 6.44. The molecule has 2 aromatic carbocycles. The van der Waals surface area contributed by atoms with Crippen molar-refractivity contribution in [3.05, 3.63) is 59.2 Å². The highest BCUT2D eigenvalue weighted by atomic mass is 16.5. The molecule has 0 aliphatic carbocycles. The van der Waals surface area contributed by atoms with E-state index in [9.17, 15) is 0 Å². The van der Waals surface area contributed by atoms with Crippen LogP contribution in [0.2, 0.25) is 0 Å². The molecule has 4 nitrogen and oxygen atoms in total. The van der Waals surface area contributed by atoms with E-state index in [0.717, 1.165) is 37.7 Å². The number of piperazine rings is 1. The predicted molar refractivity (Wildman–Crippen MR) is 102 cm³/mol. The van der Waals surface area contributed by atoms with E-state index in [1.807, 2.05) is 13.0 Å². The highest BCUT2D eigenvalue weighted by Crippen LogP contribution is 2.35. The number of nitrogens with one attached hydrogen (secondary N) is 1. The fourth-order valence-corrected chi connectivity index (χ4v) is 3.43. The third-order valence-electron chi connectivity index (χ3n) is 4.71. The van der Waals surface area contributed by atoms with Crippen molar-refractivity contribution in [1.29, 1.82) is 0 Å². The molecule has 25 heavy (non-hydrogen) atoms. The number of nitrogens with zero attached hydrogens (tertiary/aromatic N) is 1. The third kappa shape index (κ3) is 4.14. The van der Waals surface area contributed by atoms with Crippen LogP contribution in [0.25, 0.3) is 0 Å². The lowest BCUT2D eigenvalue weighted by molar-refractivity contribution is 0.198. The Morgan fingerprint density at radius 2 is 1.68 bits per heavy atom. The first-order chi connectivity index (χ1) is 12.2. The van der Waals surface area contributed by atoms with E-state index in [1.54, 1.807) is 7.11 Å². The van der Waals surface area contributed by atoms with Gasteiger partial charge < -0.3 is 14.8 Å². The average Bonchev–Trinajstić information content (AvgIpc) is 2.65. The van der Waals surface area contributed by atoms with Crippen LogP contribution >= 0.6 is 0 Å². The lowest BCUT2D eigenvalue weighted by Crippen LogP contribution is -2.45. The molecule has 1 atom stereocenters.